The molecule has 0 spiro atoms. The van der Waals surface area contributed by atoms with Gasteiger partial charge in [0.1, 0.15) is 0 Å². The van der Waals surface area contributed by atoms with Crippen molar-refractivity contribution in [3.63, 3.8) is 0 Å². The van der Waals surface area contributed by atoms with Crippen LogP contribution in [0.25, 0.3) is 0 Å². The lowest BCUT2D eigenvalue weighted by Crippen LogP contribution is -2.34. The maximum Gasteiger partial charge on any atom is 0.415 e. The van der Waals surface area contributed by atoms with Crippen molar-refractivity contribution in [1.29, 1.82) is 0 Å². The average Bonchev–Trinajstić information content (AvgIpc) is 2.08. The normalized spacial score (nSPS) is 13.9. The second kappa shape index (κ2) is 6.62. The van der Waals surface area contributed by atoms with Crippen molar-refractivity contribution in [2.45, 2.75) is 25.6 Å². The molecule has 0 heterocycles. The van der Waals surface area contributed by atoms with Gasteiger partial charge in [-0.2, -0.15) is 13.2 Å². The van der Waals surface area contributed by atoms with E-state index in [9.17, 15) is 18.0 Å². The van der Waals surface area contributed by atoms with Crippen molar-refractivity contribution in [3.8, 4) is 0 Å². The molecule has 90 valence electrons. The van der Waals surface area contributed by atoms with Gasteiger partial charge in [-0.1, -0.05) is 0 Å². The first kappa shape index (κ1) is 14.2. The van der Waals surface area contributed by atoms with E-state index in [4.69, 9.17) is 9.84 Å². The molecule has 4 nitrogen and oxygen atoms in total. The van der Waals surface area contributed by atoms with E-state index in [1.54, 1.807) is 6.92 Å². The van der Waals surface area contributed by atoms with Crippen molar-refractivity contribution < 1.29 is 32.5 Å². The standard InChI is InChI=1S/C8H13F3O4/c1-2-14-3-4-15-6(5-7(12)13)8(9,10)11/h6H,2-5H2,1H3,(H,12,13). The van der Waals surface area contributed by atoms with Crippen LogP contribution in [-0.2, 0) is 14.3 Å². The highest BCUT2D eigenvalue weighted by Crippen LogP contribution is 2.25. The van der Waals surface area contributed by atoms with Gasteiger partial charge in [-0.3, -0.25) is 4.79 Å². The number of alkyl halides is 3. The zero-order valence-electron chi connectivity index (χ0n) is 8.21. The summed E-state index contributed by atoms with van der Waals surface area (Å²) >= 11 is 0. The van der Waals surface area contributed by atoms with E-state index in [1.165, 1.54) is 0 Å². The van der Waals surface area contributed by atoms with Gasteiger partial charge in [0, 0.05) is 6.61 Å². The fraction of sp³-hybridized carbons (Fsp3) is 0.875. The van der Waals surface area contributed by atoms with Crippen LogP contribution in [0.5, 0.6) is 0 Å². The summed E-state index contributed by atoms with van der Waals surface area (Å²) in [7, 11) is 0. The van der Waals surface area contributed by atoms with Gasteiger partial charge in [0.2, 0.25) is 0 Å². The fourth-order valence-electron chi connectivity index (χ4n) is 0.821. The Bertz CT molecular complexity index is 193. The number of carbonyl (C=O) groups is 1. The monoisotopic (exact) mass is 230 g/mol. The molecule has 0 aliphatic heterocycles. The molecule has 0 rings (SSSR count). The van der Waals surface area contributed by atoms with Crippen LogP contribution in [0.2, 0.25) is 0 Å². The van der Waals surface area contributed by atoms with Gasteiger partial charge >= 0.3 is 12.1 Å². The molecular formula is C8H13F3O4. The Hall–Kier alpha value is -0.820. The lowest BCUT2D eigenvalue weighted by atomic mass is 10.2. The Kier molecular flexibility index (Phi) is 6.26. The maximum absolute atomic E-state index is 12.2. The summed E-state index contributed by atoms with van der Waals surface area (Å²) in [5.74, 6) is -1.55. The van der Waals surface area contributed by atoms with E-state index < -0.39 is 24.7 Å². The minimum absolute atomic E-state index is 0.0166. The Morgan fingerprint density at radius 1 is 1.40 bits per heavy atom. The summed E-state index contributed by atoms with van der Waals surface area (Å²) in [5, 5.41) is 8.24. The van der Waals surface area contributed by atoms with Crippen LogP contribution in [0, 0.1) is 0 Å². The van der Waals surface area contributed by atoms with E-state index in [0.29, 0.717) is 6.61 Å². The van der Waals surface area contributed by atoms with Gasteiger partial charge in [0.05, 0.1) is 19.6 Å². The van der Waals surface area contributed by atoms with Gasteiger partial charge in [-0.25, -0.2) is 0 Å². The average molecular weight is 230 g/mol. The zero-order chi connectivity index (χ0) is 11.9. The highest BCUT2D eigenvalue weighted by molar-refractivity contribution is 5.67. The molecule has 1 unspecified atom stereocenters. The predicted molar refractivity (Wildman–Crippen MR) is 44.5 cm³/mol. The third kappa shape index (κ3) is 7.15. The first-order chi connectivity index (χ1) is 6.88. The second-order valence-corrected chi connectivity index (χ2v) is 2.70. The van der Waals surface area contributed by atoms with E-state index in [0.717, 1.165) is 0 Å². The van der Waals surface area contributed by atoms with Crippen molar-refractivity contribution in [3.05, 3.63) is 0 Å². The molecular weight excluding hydrogens is 217 g/mol. The number of ether oxygens (including phenoxy) is 2. The van der Waals surface area contributed by atoms with Gasteiger partial charge in [0.15, 0.2) is 6.10 Å². The molecule has 0 aromatic carbocycles. The van der Waals surface area contributed by atoms with Gasteiger partial charge in [-0.05, 0) is 6.92 Å². The first-order valence-corrected chi connectivity index (χ1v) is 4.35. The summed E-state index contributed by atoms with van der Waals surface area (Å²) in [6, 6.07) is 0. The zero-order valence-corrected chi connectivity index (χ0v) is 8.21. The number of hydrogen-bond acceptors (Lipinski definition) is 3. The molecule has 0 aromatic rings. The van der Waals surface area contributed by atoms with Crippen LogP contribution in [0.3, 0.4) is 0 Å². The minimum atomic E-state index is -4.66. The Morgan fingerprint density at radius 2 is 2.00 bits per heavy atom. The molecule has 0 fully saturated rings. The predicted octanol–water partition coefficient (Wildman–Crippen LogP) is 1.45. The molecule has 0 bridgehead atoms. The van der Waals surface area contributed by atoms with Crippen LogP contribution in [0.15, 0.2) is 0 Å². The largest absolute Gasteiger partial charge is 0.481 e. The van der Waals surface area contributed by atoms with Gasteiger partial charge in [-0.15, -0.1) is 0 Å². The minimum Gasteiger partial charge on any atom is -0.481 e. The highest BCUT2D eigenvalue weighted by atomic mass is 19.4. The van der Waals surface area contributed by atoms with Crippen molar-refractivity contribution in [2.75, 3.05) is 19.8 Å². The van der Waals surface area contributed by atoms with Gasteiger partial charge in [0.25, 0.3) is 0 Å². The number of aliphatic carboxylic acids is 1. The summed E-state index contributed by atoms with van der Waals surface area (Å²) in [4.78, 5) is 10.1. The summed E-state index contributed by atoms with van der Waals surface area (Å²) in [6.45, 7) is 1.81. The van der Waals surface area contributed by atoms with Gasteiger partial charge < -0.3 is 14.6 Å². The van der Waals surface area contributed by atoms with Crippen LogP contribution in [0.4, 0.5) is 13.2 Å². The smallest absolute Gasteiger partial charge is 0.415 e. The Morgan fingerprint density at radius 3 is 2.40 bits per heavy atom. The molecule has 1 N–H and O–H groups in total. The summed E-state index contributed by atoms with van der Waals surface area (Å²) in [5.41, 5.74) is 0. The van der Waals surface area contributed by atoms with Crippen LogP contribution >= 0.6 is 0 Å². The molecule has 0 radical (unpaired) electrons. The Balaban J connectivity index is 3.97. The molecule has 0 aromatic heterocycles. The number of rotatable bonds is 7. The molecule has 0 aliphatic rings. The van der Waals surface area contributed by atoms with Crippen molar-refractivity contribution in [2.24, 2.45) is 0 Å². The summed E-state index contributed by atoms with van der Waals surface area (Å²) in [6.07, 6.45) is -8.02. The lowest BCUT2D eigenvalue weighted by Gasteiger charge is -2.18. The third-order valence-corrected chi connectivity index (χ3v) is 1.48. The summed E-state index contributed by atoms with van der Waals surface area (Å²) < 4.78 is 45.6. The lowest BCUT2D eigenvalue weighted by molar-refractivity contribution is -0.226. The van der Waals surface area contributed by atoms with E-state index in [2.05, 4.69) is 4.74 Å². The van der Waals surface area contributed by atoms with Crippen molar-refractivity contribution in [1.82, 2.24) is 0 Å². The first-order valence-electron chi connectivity index (χ1n) is 4.35. The van der Waals surface area contributed by atoms with E-state index >= 15 is 0 Å². The molecule has 0 aliphatic carbocycles. The number of carboxylic acids is 1. The van der Waals surface area contributed by atoms with Crippen LogP contribution < -0.4 is 0 Å². The quantitative estimate of drug-likeness (QED) is 0.672. The Labute approximate surface area is 85.0 Å². The molecule has 7 heteroatoms. The molecule has 1 atom stereocenters. The molecule has 0 saturated carbocycles. The fourth-order valence-corrected chi connectivity index (χ4v) is 0.821. The maximum atomic E-state index is 12.2. The van der Waals surface area contributed by atoms with E-state index in [-0.39, 0.29) is 13.2 Å². The number of carboxylic acid groups (broad SMARTS) is 1. The SMILES string of the molecule is CCOCCOC(CC(=O)O)C(F)(F)F. The van der Waals surface area contributed by atoms with Crippen LogP contribution in [0.1, 0.15) is 13.3 Å². The van der Waals surface area contributed by atoms with Crippen LogP contribution in [-0.4, -0.2) is 43.2 Å². The molecule has 0 saturated heterocycles. The molecule has 15 heavy (non-hydrogen) atoms. The van der Waals surface area contributed by atoms with E-state index in [1.807, 2.05) is 0 Å². The molecule has 0 amide bonds. The topological polar surface area (TPSA) is 55.8 Å². The highest BCUT2D eigenvalue weighted by Gasteiger charge is 2.41. The van der Waals surface area contributed by atoms with Crippen molar-refractivity contribution >= 4 is 5.97 Å². The number of halogens is 3. The second-order valence-electron chi connectivity index (χ2n) is 2.70. The number of hydrogen-bond donors (Lipinski definition) is 1. The third-order valence-electron chi connectivity index (χ3n) is 1.48.